The SMILES string of the molecule is Cn1nnc(Br)c1S(=O)(=O)NC(C)(C)C. The van der Waals surface area contributed by atoms with Crippen molar-refractivity contribution >= 4 is 26.0 Å². The lowest BCUT2D eigenvalue weighted by molar-refractivity contribution is 0.484. The number of hydrogen-bond acceptors (Lipinski definition) is 4. The van der Waals surface area contributed by atoms with Crippen LogP contribution in [0.2, 0.25) is 0 Å². The van der Waals surface area contributed by atoms with Crippen LogP contribution in [0, 0.1) is 0 Å². The van der Waals surface area contributed by atoms with Crippen LogP contribution < -0.4 is 4.72 Å². The molecule has 0 unspecified atom stereocenters. The minimum absolute atomic E-state index is 0.0254. The van der Waals surface area contributed by atoms with E-state index in [9.17, 15) is 8.42 Å². The smallest absolute Gasteiger partial charge is 0.235 e. The largest absolute Gasteiger partial charge is 0.261 e. The van der Waals surface area contributed by atoms with E-state index in [-0.39, 0.29) is 9.63 Å². The monoisotopic (exact) mass is 296 g/mol. The molecule has 0 aliphatic rings. The molecule has 86 valence electrons. The zero-order valence-electron chi connectivity index (χ0n) is 8.94. The van der Waals surface area contributed by atoms with E-state index >= 15 is 0 Å². The van der Waals surface area contributed by atoms with Crippen molar-refractivity contribution in [3.05, 3.63) is 4.60 Å². The van der Waals surface area contributed by atoms with Gasteiger partial charge in [0, 0.05) is 12.6 Å². The lowest BCUT2D eigenvalue weighted by atomic mass is 10.1. The number of aromatic nitrogens is 3. The Balaban J connectivity index is 3.18. The highest BCUT2D eigenvalue weighted by Crippen LogP contribution is 2.19. The third-order valence-electron chi connectivity index (χ3n) is 1.43. The maximum Gasteiger partial charge on any atom is 0.261 e. The van der Waals surface area contributed by atoms with E-state index < -0.39 is 15.6 Å². The van der Waals surface area contributed by atoms with Gasteiger partial charge in [-0.3, -0.25) is 0 Å². The second-order valence-electron chi connectivity index (χ2n) is 4.16. The number of rotatable bonds is 2. The van der Waals surface area contributed by atoms with E-state index in [4.69, 9.17) is 0 Å². The van der Waals surface area contributed by atoms with Gasteiger partial charge in [-0.2, -0.15) is 0 Å². The second kappa shape index (κ2) is 3.84. The first kappa shape index (κ1) is 12.6. The fraction of sp³-hybridized carbons (Fsp3) is 0.714. The molecule has 0 aliphatic heterocycles. The summed E-state index contributed by atoms with van der Waals surface area (Å²) >= 11 is 3.05. The van der Waals surface area contributed by atoms with Crippen molar-refractivity contribution in [2.24, 2.45) is 7.05 Å². The van der Waals surface area contributed by atoms with Crippen LogP contribution in [-0.4, -0.2) is 29.0 Å². The van der Waals surface area contributed by atoms with Gasteiger partial charge in [0.05, 0.1) is 0 Å². The summed E-state index contributed by atoms with van der Waals surface area (Å²) in [6, 6.07) is 0. The summed E-state index contributed by atoms with van der Waals surface area (Å²) in [6.45, 7) is 5.30. The molecule has 8 heteroatoms. The number of aryl methyl sites for hydroxylation is 1. The predicted octanol–water partition coefficient (Wildman–Crippen LogP) is 0.654. The molecule has 0 radical (unpaired) electrons. The Kier molecular flexibility index (Phi) is 3.22. The molecule has 1 aromatic rings. The first-order chi connectivity index (χ1) is 6.63. The zero-order chi connectivity index (χ0) is 11.9. The molecule has 0 saturated carbocycles. The molecular weight excluding hydrogens is 284 g/mol. The average Bonchev–Trinajstić information content (AvgIpc) is 2.25. The third kappa shape index (κ3) is 2.99. The van der Waals surface area contributed by atoms with E-state index in [2.05, 4.69) is 31.0 Å². The normalized spacial score (nSPS) is 13.1. The van der Waals surface area contributed by atoms with Crippen LogP contribution in [0.3, 0.4) is 0 Å². The Bertz CT molecular complexity index is 440. The minimum Gasteiger partial charge on any atom is -0.235 e. The first-order valence-electron chi connectivity index (χ1n) is 4.22. The van der Waals surface area contributed by atoms with E-state index in [1.165, 1.54) is 11.7 Å². The van der Waals surface area contributed by atoms with Crippen LogP contribution >= 0.6 is 15.9 Å². The maximum atomic E-state index is 11.9. The molecule has 0 fully saturated rings. The lowest BCUT2D eigenvalue weighted by Gasteiger charge is -2.19. The van der Waals surface area contributed by atoms with E-state index in [0.29, 0.717) is 0 Å². The summed E-state index contributed by atoms with van der Waals surface area (Å²) in [5.74, 6) is 0. The Morgan fingerprint density at radius 1 is 1.40 bits per heavy atom. The molecule has 0 aliphatic carbocycles. The number of nitrogens with one attached hydrogen (secondary N) is 1. The molecule has 1 aromatic heterocycles. The van der Waals surface area contributed by atoms with E-state index in [1.807, 2.05) is 0 Å². The minimum atomic E-state index is -3.59. The Morgan fingerprint density at radius 3 is 2.27 bits per heavy atom. The number of hydrogen-bond donors (Lipinski definition) is 1. The average molecular weight is 297 g/mol. The van der Waals surface area contributed by atoms with Crippen LogP contribution in [0.15, 0.2) is 9.63 Å². The van der Waals surface area contributed by atoms with Crippen molar-refractivity contribution in [3.8, 4) is 0 Å². The molecule has 0 amide bonds. The van der Waals surface area contributed by atoms with E-state index in [0.717, 1.165) is 0 Å². The first-order valence-corrected chi connectivity index (χ1v) is 6.50. The molecule has 6 nitrogen and oxygen atoms in total. The van der Waals surface area contributed by atoms with Crippen LogP contribution in [0.4, 0.5) is 0 Å². The van der Waals surface area contributed by atoms with Gasteiger partial charge >= 0.3 is 0 Å². The lowest BCUT2D eigenvalue weighted by Crippen LogP contribution is -2.41. The van der Waals surface area contributed by atoms with Crippen LogP contribution in [0.25, 0.3) is 0 Å². The van der Waals surface area contributed by atoms with Gasteiger partial charge in [-0.15, -0.1) is 5.10 Å². The van der Waals surface area contributed by atoms with Gasteiger partial charge in [0.1, 0.15) is 0 Å². The van der Waals surface area contributed by atoms with Gasteiger partial charge in [0.2, 0.25) is 5.03 Å². The molecule has 0 bridgehead atoms. The summed E-state index contributed by atoms with van der Waals surface area (Å²) in [7, 11) is -2.07. The summed E-state index contributed by atoms with van der Waals surface area (Å²) in [5.41, 5.74) is -0.539. The van der Waals surface area contributed by atoms with Crippen molar-refractivity contribution in [1.29, 1.82) is 0 Å². The predicted molar refractivity (Wildman–Crippen MR) is 58.8 cm³/mol. The van der Waals surface area contributed by atoms with Gasteiger partial charge in [0.25, 0.3) is 10.0 Å². The zero-order valence-corrected chi connectivity index (χ0v) is 11.3. The molecule has 0 spiro atoms. The van der Waals surface area contributed by atoms with Crippen molar-refractivity contribution in [2.45, 2.75) is 31.3 Å². The highest BCUT2D eigenvalue weighted by Gasteiger charge is 2.28. The standard InChI is InChI=1S/C7H13BrN4O2S/c1-7(2,3)10-15(13,14)6-5(8)9-11-12(6)4/h10H,1-4H3. The molecule has 15 heavy (non-hydrogen) atoms. The van der Waals surface area contributed by atoms with Crippen molar-refractivity contribution in [3.63, 3.8) is 0 Å². The van der Waals surface area contributed by atoms with Crippen LogP contribution in [0.1, 0.15) is 20.8 Å². The van der Waals surface area contributed by atoms with Crippen LogP contribution in [-0.2, 0) is 17.1 Å². The van der Waals surface area contributed by atoms with Gasteiger partial charge in [0.15, 0.2) is 4.60 Å². The molecule has 1 heterocycles. The Hall–Kier alpha value is -0.470. The topological polar surface area (TPSA) is 76.9 Å². The highest BCUT2D eigenvalue weighted by atomic mass is 79.9. The third-order valence-corrected chi connectivity index (χ3v) is 4.08. The molecule has 0 saturated heterocycles. The van der Waals surface area contributed by atoms with Crippen molar-refractivity contribution in [2.75, 3.05) is 0 Å². The summed E-state index contributed by atoms with van der Waals surface area (Å²) in [4.78, 5) is 0. The highest BCUT2D eigenvalue weighted by molar-refractivity contribution is 9.10. The second-order valence-corrected chi connectivity index (χ2v) is 6.51. The number of halogens is 1. The Labute approximate surface area is 97.2 Å². The number of sulfonamides is 1. The summed E-state index contributed by atoms with van der Waals surface area (Å²) < 4.78 is 27.8. The molecule has 0 aromatic carbocycles. The summed E-state index contributed by atoms with van der Waals surface area (Å²) in [6.07, 6.45) is 0. The quantitative estimate of drug-likeness (QED) is 0.869. The Morgan fingerprint density at radius 2 is 1.93 bits per heavy atom. The fourth-order valence-electron chi connectivity index (χ4n) is 1.06. The maximum absolute atomic E-state index is 11.9. The van der Waals surface area contributed by atoms with Crippen molar-refractivity contribution < 1.29 is 8.42 Å². The number of nitrogens with zero attached hydrogens (tertiary/aromatic N) is 3. The van der Waals surface area contributed by atoms with Crippen LogP contribution in [0.5, 0.6) is 0 Å². The van der Waals surface area contributed by atoms with Gasteiger partial charge in [-0.1, -0.05) is 5.21 Å². The van der Waals surface area contributed by atoms with E-state index in [1.54, 1.807) is 20.8 Å². The molecule has 1 rings (SSSR count). The van der Waals surface area contributed by atoms with Gasteiger partial charge in [-0.05, 0) is 36.7 Å². The van der Waals surface area contributed by atoms with Gasteiger partial charge in [-0.25, -0.2) is 17.8 Å². The van der Waals surface area contributed by atoms with Gasteiger partial charge < -0.3 is 0 Å². The summed E-state index contributed by atoms with van der Waals surface area (Å²) in [5, 5.41) is 7.26. The van der Waals surface area contributed by atoms with Crippen molar-refractivity contribution in [1.82, 2.24) is 19.7 Å². The molecular formula is C7H13BrN4O2S. The molecule has 1 N–H and O–H groups in total. The molecule has 0 atom stereocenters. The fourth-order valence-corrected chi connectivity index (χ4v) is 3.58.